The lowest BCUT2D eigenvalue weighted by Gasteiger charge is -2.27. The van der Waals surface area contributed by atoms with Gasteiger partial charge < -0.3 is 29.6 Å². The third kappa shape index (κ3) is 3.06. The van der Waals surface area contributed by atoms with Gasteiger partial charge in [0.05, 0.1) is 32.3 Å². The van der Waals surface area contributed by atoms with Crippen molar-refractivity contribution in [3.8, 4) is 23.3 Å². The molecule has 3 rings (SSSR count). The number of aliphatic hydroxyl groups is 1. The molecular formula is C20H21N3O5. The van der Waals surface area contributed by atoms with Gasteiger partial charge in [0, 0.05) is 18.3 Å². The van der Waals surface area contributed by atoms with Crippen LogP contribution in [0.5, 0.6) is 17.2 Å². The zero-order valence-electron chi connectivity index (χ0n) is 15.9. The summed E-state index contributed by atoms with van der Waals surface area (Å²) in [7, 11) is 3.03. The highest BCUT2D eigenvalue weighted by molar-refractivity contribution is 5.57. The highest BCUT2D eigenvalue weighted by Gasteiger charge is 2.34. The Hall–Kier alpha value is -3.44. The fraction of sp³-hybridized carbons (Fsp3) is 0.300. The second kappa shape index (κ2) is 7.66. The van der Waals surface area contributed by atoms with Crippen molar-refractivity contribution in [3.63, 3.8) is 0 Å². The summed E-state index contributed by atoms with van der Waals surface area (Å²) >= 11 is 0. The Bertz CT molecular complexity index is 1050. The molecule has 2 aromatic rings. The van der Waals surface area contributed by atoms with Gasteiger partial charge in [0.25, 0.3) is 5.56 Å². The second-order valence-corrected chi connectivity index (χ2v) is 6.28. The second-order valence-electron chi connectivity index (χ2n) is 6.28. The van der Waals surface area contributed by atoms with Crippen molar-refractivity contribution in [1.29, 1.82) is 5.26 Å². The molecule has 0 saturated heterocycles. The molecule has 1 aliphatic rings. The van der Waals surface area contributed by atoms with Crippen LogP contribution in [0.2, 0.25) is 0 Å². The molecule has 8 nitrogen and oxygen atoms in total. The van der Waals surface area contributed by atoms with Crippen molar-refractivity contribution in [3.05, 3.63) is 62.9 Å². The first-order valence-corrected chi connectivity index (χ1v) is 8.61. The number of nitriles is 1. The molecule has 1 atom stereocenters. The number of hydrogen-bond acceptors (Lipinski definition) is 7. The van der Waals surface area contributed by atoms with Gasteiger partial charge in [-0.25, -0.2) is 0 Å². The highest BCUT2D eigenvalue weighted by atomic mass is 16.5. The van der Waals surface area contributed by atoms with E-state index in [1.54, 1.807) is 31.2 Å². The molecule has 0 fully saturated rings. The summed E-state index contributed by atoms with van der Waals surface area (Å²) in [6.45, 7) is 1.69. The van der Waals surface area contributed by atoms with E-state index in [2.05, 4.69) is 6.07 Å². The van der Waals surface area contributed by atoms with E-state index in [9.17, 15) is 15.2 Å². The summed E-state index contributed by atoms with van der Waals surface area (Å²) in [5.41, 5.74) is 7.33. The minimum Gasteiger partial charge on any atom is -0.493 e. The predicted octanol–water partition coefficient (Wildman–Crippen LogP) is 1.38. The number of benzene rings is 1. The van der Waals surface area contributed by atoms with E-state index in [0.29, 0.717) is 28.5 Å². The number of rotatable bonds is 5. The molecule has 1 aromatic carbocycles. The van der Waals surface area contributed by atoms with E-state index in [1.165, 1.54) is 18.8 Å². The number of hydrogen-bond donors (Lipinski definition) is 2. The molecular weight excluding hydrogens is 362 g/mol. The predicted molar refractivity (Wildman–Crippen MR) is 101 cm³/mol. The Balaban J connectivity index is 2.30. The van der Waals surface area contributed by atoms with Gasteiger partial charge in [0.15, 0.2) is 11.5 Å². The van der Waals surface area contributed by atoms with Crippen LogP contribution in [0.15, 0.2) is 40.5 Å². The van der Waals surface area contributed by atoms with E-state index in [-0.39, 0.29) is 35.7 Å². The zero-order chi connectivity index (χ0) is 20.4. The Morgan fingerprint density at radius 3 is 2.61 bits per heavy atom. The van der Waals surface area contributed by atoms with Crippen molar-refractivity contribution in [2.24, 2.45) is 5.73 Å². The molecule has 0 radical (unpaired) electrons. The highest BCUT2D eigenvalue weighted by Crippen LogP contribution is 2.42. The molecule has 1 aromatic heterocycles. The molecule has 146 valence electrons. The van der Waals surface area contributed by atoms with Crippen molar-refractivity contribution in [2.75, 3.05) is 20.8 Å². The maximum Gasteiger partial charge on any atom is 0.258 e. The fourth-order valence-corrected chi connectivity index (χ4v) is 3.43. The molecule has 0 bridgehead atoms. The summed E-state index contributed by atoms with van der Waals surface area (Å²) in [6.07, 6.45) is 0. The summed E-state index contributed by atoms with van der Waals surface area (Å²) in [4.78, 5) is 13.2. The quantitative estimate of drug-likeness (QED) is 0.800. The Morgan fingerprint density at radius 2 is 2.00 bits per heavy atom. The largest absolute Gasteiger partial charge is 0.493 e. The monoisotopic (exact) mass is 383 g/mol. The Kier molecular flexibility index (Phi) is 5.29. The van der Waals surface area contributed by atoms with Crippen LogP contribution in [0, 0.1) is 18.3 Å². The fourth-order valence-electron chi connectivity index (χ4n) is 3.43. The SMILES string of the molecule is COc1ccc([C@H]2C(C#N)=C(N)Oc3cc(C)n(CCO)c(=O)c32)cc1OC. The Morgan fingerprint density at radius 1 is 1.29 bits per heavy atom. The third-order valence-corrected chi connectivity index (χ3v) is 4.75. The standard InChI is InChI=1S/C20H21N3O5/c1-11-8-16-18(20(25)23(11)6-7-24)17(13(10-21)19(22)28-16)12-4-5-14(26-2)15(9-12)27-3/h4-5,8-9,17,24H,6-7,22H2,1-3H3/t17-/m0/s1. The molecule has 0 amide bonds. The molecule has 3 N–H and O–H groups in total. The number of ether oxygens (including phenoxy) is 3. The number of methoxy groups -OCH3 is 2. The summed E-state index contributed by atoms with van der Waals surface area (Å²) in [5.74, 6) is 0.510. The first kappa shape index (κ1) is 19.3. The number of pyridine rings is 1. The van der Waals surface area contributed by atoms with Gasteiger partial charge >= 0.3 is 0 Å². The topological polar surface area (TPSA) is 120 Å². The average molecular weight is 383 g/mol. The van der Waals surface area contributed by atoms with Crippen molar-refractivity contribution in [2.45, 2.75) is 19.4 Å². The summed E-state index contributed by atoms with van der Waals surface area (Å²) < 4.78 is 17.7. The number of nitrogens with two attached hydrogens (primary N) is 1. The van der Waals surface area contributed by atoms with E-state index in [0.717, 1.165) is 0 Å². The third-order valence-electron chi connectivity index (χ3n) is 4.75. The van der Waals surface area contributed by atoms with Crippen LogP contribution < -0.4 is 25.5 Å². The number of aliphatic hydroxyl groups excluding tert-OH is 1. The normalized spacial score (nSPS) is 15.5. The first-order chi connectivity index (χ1) is 13.5. The minimum absolute atomic E-state index is 0.0477. The lowest BCUT2D eigenvalue weighted by Crippen LogP contribution is -2.33. The van der Waals surface area contributed by atoms with Crippen LogP contribution in [0.1, 0.15) is 22.7 Å². The van der Waals surface area contributed by atoms with Crippen molar-refractivity contribution in [1.82, 2.24) is 4.57 Å². The molecule has 8 heteroatoms. The van der Waals surface area contributed by atoms with Crippen LogP contribution in [0.25, 0.3) is 0 Å². The van der Waals surface area contributed by atoms with Crippen LogP contribution in [-0.4, -0.2) is 30.5 Å². The number of allylic oxidation sites excluding steroid dienone is 1. The molecule has 2 heterocycles. The summed E-state index contributed by atoms with van der Waals surface area (Å²) in [5, 5.41) is 19.0. The molecule has 0 aliphatic carbocycles. The van der Waals surface area contributed by atoms with Crippen molar-refractivity contribution < 1.29 is 19.3 Å². The number of nitrogens with zero attached hydrogens (tertiary/aromatic N) is 2. The van der Waals surface area contributed by atoms with Crippen LogP contribution in [0.3, 0.4) is 0 Å². The van der Waals surface area contributed by atoms with Gasteiger partial charge in [-0.15, -0.1) is 0 Å². The van der Waals surface area contributed by atoms with E-state index in [4.69, 9.17) is 19.9 Å². The Labute approximate surface area is 162 Å². The average Bonchev–Trinajstić information content (AvgIpc) is 2.69. The number of aryl methyl sites for hydroxylation is 1. The van der Waals surface area contributed by atoms with Crippen LogP contribution in [0.4, 0.5) is 0 Å². The molecule has 0 spiro atoms. The lowest BCUT2D eigenvalue weighted by atomic mass is 9.84. The summed E-state index contributed by atoms with van der Waals surface area (Å²) in [6, 6.07) is 8.91. The lowest BCUT2D eigenvalue weighted by molar-refractivity contribution is 0.272. The van der Waals surface area contributed by atoms with Gasteiger partial charge in [-0.1, -0.05) is 6.07 Å². The van der Waals surface area contributed by atoms with Gasteiger partial charge in [-0.2, -0.15) is 5.26 Å². The number of fused-ring (bicyclic) bond motifs is 1. The maximum absolute atomic E-state index is 13.2. The van der Waals surface area contributed by atoms with Crippen molar-refractivity contribution >= 4 is 0 Å². The minimum atomic E-state index is -0.730. The van der Waals surface area contributed by atoms with E-state index < -0.39 is 5.92 Å². The van der Waals surface area contributed by atoms with Gasteiger partial charge in [0.2, 0.25) is 5.88 Å². The van der Waals surface area contributed by atoms with E-state index in [1.807, 2.05) is 0 Å². The number of aromatic nitrogens is 1. The van der Waals surface area contributed by atoms with Crippen LogP contribution in [-0.2, 0) is 6.54 Å². The first-order valence-electron chi connectivity index (χ1n) is 8.61. The molecule has 1 aliphatic heterocycles. The molecule has 0 unspecified atom stereocenters. The molecule has 28 heavy (non-hydrogen) atoms. The maximum atomic E-state index is 13.2. The molecule has 0 saturated carbocycles. The van der Waals surface area contributed by atoms with E-state index >= 15 is 0 Å². The van der Waals surface area contributed by atoms with Gasteiger partial charge in [0.1, 0.15) is 17.4 Å². The smallest absolute Gasteiger partial charge is 0.258 e. The van der Waals surface area contributed by atoms with Gasteiger partial charge in [-0.05, 0) is 24.6 Å². The van der Waals surface area contributed by atoms with Crippen LogP contribution >= 0.6 is 0 Å². The van der Waals surface area contributed by atoms with Gasteiger partial charge in [-0.3, -0.25) is 4.79 Å². The zero-order valence-corrected chi connectivity index (χ0v) is 15.9.